The van der Waals surface area contributed by atoms with E-state index in [0.717, 1.165) is 0 Å². The van der Waals surface area contributed by atoms with E-state index in [-0.39, 0.29) is 44.7 Å². The zero-order valence-electron chi connectivity index (χ0n) is 18.1. The van der Waals surface area contributed by atoms with Crippen LogP contribution in [-0.2, 0) is 4.79 Å². The first kappa shape index (κ1) is 24.9. The van der Waals surface area contributed by atoms with Crippen molar-refractivity contribution in [1.82, 2.24) is 5.32 Å². The highest BCUT2D eigenvalue weighted by Gasteiger charge is 2.19. The summed E-state index contributed by atoms with van der Waals surface area (Å²) in [5.41, 5.74) is -0.0936. The van der Waals surface area contributed by atoms with E-state index in [1.807, 2.05) is 0 Å². The minimum absolute atomic E-state index is 0.0491. The molecule has 0 bridgehead atoms. The predicted molar refractivity (Wildman–Crippen MR) is 128 cm³/mol. The Morgan fingerprint density at radius 3 is 2.26 bits per heavy atom. The molecule has 0 fully saturated rings. The highest BCUT2D eigenvalue weighted by molar-refractivity contribution is 6.31. The van der Waals surface area contributed by atoms with Gasteiger partial charge in [-0.25, -0.2) is 0 Å². The van der Waals surface area contributed by atoms with Crippen molar-refractivity contribution in [3.63, 3.8) is 0 Å². The molecule has 0 radical (unpaired) electrons. The molecule has 2 N–H and O–H groups in total. The molecular formula is C23H17ClN4O7. The number of methoxy groups -OCH3 is 1. The summed E-state index contributed by atoms with van der Waals surface area (Å²) in [6.45, 7) is 0. The van der Waals surface area contributed by atoms with E-state index in [0.29, 0.717) is 0 Å². The molecular weight excluding hydrogens is 480 g/mol. The number of rotatable bonds is 8. The molecule has 11 nitrogen and oxygen atoms in total. The molecule has 3 rings (SSSR count). The molecule has 2 amide bonds. The minimum atomic E-state index is -0.778. The molecule has 0 aliphatic rings. The first-order valence-electron chi connectivity index (χ1n) is 9.85. The fourth-order valence-corrected chi connectivity index (χ4v) is 3.14. The van der Waals surface area contributed by atoms with Crippen molar-refractivity contribution in [1.29, 1.82) is 0 Å². The number of amides is 2. The molecule has 0 atom stereocenters. The number of non-ortho nitro benzene ring substituents is 2. The van der Waals surface area contributed by atoms with Crippen LogP contribution >= 0.6 is 11.6 Å². The number of nitro groups is 2. The van der Waals surface area contributed by atoms with Gasteiger partial charge in [-0.2, -0.15) is 0 Å². The summed E-state index contributed by atoms with van der Waals surface area (Å²) >= 11 is 5.99. The molecule has 0 unspecified atom stereocenters. The standard InChI is InChI=1S/C23H17ClN4O7/c1-35-21-10-5-15(24)13-19(21)22(29)26-20(12-14-3-2-4-18(11-14)28(33)34)23(30)25-16-6-8-17(9-7-16)27(31)32/h2-13H,1H3,(H,25,30)(H,26,29)/b20-12-. The van der Waals surface area contributed by atoms with Crippen LogP contribution in [0.3, 0.4) is 0 Å². The van der Waals surface area contributed by atoms with Gasteiger partial charge in [0.05, 0.1) is 22.5 Å². The minimum Gasteiger partial charge on any atom is -0.496 e. The first-order chi connectivity index (χ1) is 16.7. The topological polar surface area (TPSA) is 154 Å². The summed E-state index contributed by atoms with van der Waals surface area (Å²) in [5.74, 6) is -1.29. The van der Waals surface area contributed by atoms with Crippen molar-refractivity contribution in [2.45, 2.75) is 0 Å². The van der Waals surface area contributed by atoms with Crippen LogP contribution in [0.2, 0.25) is 5.02 Å². The zero-order chi connectivity index (χ0) is 25.5. The van der Waals surface area contributed by atoms with Crippen LogP contribution in [0.1, 0.15) is 15.9 Å². The second-order valence-corrected chi connectivity index (χ2v) is 7.40. The lowest BCUT2D eigenvalue weighted by Crippen LogP contribution is -2.31. The number of nitrogens with one attached hydrogen (secondary N) is 2. The van der Waals surface area contributed by atoms with E-state index in [9.17, 15) is 29.8 Å². The molecule has 0 spiro atoms. The van der Waals surface area contributed by atoms with Gasteiger partial charge in [0, 0.05) is 35.0 Å². The number of nitrogens with zero attached hydrogens (tertiary/aromatic N) is 2. The summed E-state index contributed by atoms with van der Waals surface area (Å²) in [6.07, 6.45) is 1.25. The lowest BCUT2D eigenvalue weighted by atomic mass is 10.1. The summed E-state index contributed by atoms with van der Waals surface area (Å²) in [7, 11) is 1.36. The summed E-state index contributed by atoms with van der Waals surface area (Å²) in [4.78, 5) is 46.8. The van der Waals surface area contributed by atoms with Crippen molar-refractivity contribution in [3.8, 4) is 5.75 Å². The van der Waals surface area contributed by atoms with E-state index in [2.05, 4.69) is 10.6 Å². The van der Waals surface area contributed by atoms with Crippen LogP contribution in [0.15, 0.2) is 72.4 Å². The maximum absolute atomic E-state index is 13.0. The molecule has 3 aromatic carbocycles. The normalized spacial score (nSPS) is 10.9. The number of nitro benzene ring substituents is 2. The third-order valence-corrected chi connectivity index (χ3v) is 4.86. The lowest BCUT2D eigenvalue weighted by Gasteiger charge is -2.13. The summed E-state index contributed by atoms with van der Waals surface area (Å²) < 4.78 is 5.18. The van der Waals surface area contributed by atoms with E-state index in [4.69, 9.17) is 16.3 Å². The lowest BCUT2D eigenvalue weighted by molar-refractivity contribution is -0.385. The second kappa shape index (κ2) is 10.9. The Morgan fingerprint density at radius 2 is 1.63 bits per heavy atom. The molecule has 0 saturated heterocycles. The van der Waals surface area contributed by atoms with Gasteiger partial charge in [0.15, 0.2) is 0 Å². The third-order valence-electron chi connectivity index (χ3n) is 4.63. The molecule has 178 valence electrons. The monoisotopic (exact) mass is 496 g/mol. The molecule has 0 aliphatic carbocycles. The Morgan fingerprint density at radius 1 is 0.943 bits per heavy atom. The van der Waals surface area contributed by atoms with Gasteiger partial charge in [0.2, 0.25) is 0 Å². The largest absolute Gasteiger partial charge is 0.496 e. The van der Waals surface area contributed by atoms with Gasteiger partial charge in [0.1, 0.15) is 11.4 Å². The Kier molecular flexibility index (Phi) is 7.74. The number of carbonyl (C=O) groups excluding carboxylic acids is 2. The van der Waals surface area contributed by atoms with Gasteiger partial charge in [-0.05, 0) is 42.0 Å². The highest BCUT2D eigenvalue weighted by Crippen LogP contribution is 2.23. The predicted octanol–water partition coefficient (Wildman–Crippen LogP) is 4.57. The van der Waals surface area contributed by atoms with Crippen molar-refractivity contribution >= 4 is 46.6 Å². The van der Waals surface area contributed by atoms with Gasteiger partial charge < -0.3 is 15.4 Å². The van der Waals surface area contributed by atoms with Crippen molar-refractivity contribution in [3.05, 3.63) is 109 Å². The number of carbonyl (C=O) groups is 2. The molecule has 0 aliphatic heterocycles. The quantitative estimate of drug-likeness (QED) is 0.263. The highest BCUT2D eigenvalue weighted by atomic mass is 35.5. The SMILES string of the molecule is COc1ccc(Cl)cc1C(=O)N/C(=C\c1cccc([N+](=O)[O-])c1)C(=O)Nc1ccc([N+](=O)[O-])cc1. The molecule has 0 aromatic heterocycles. The number of benzene rings is 3. The number of ether oxygens (including phenoxy) is 1. The van der Waals surface area contributed by atoms with Gasteiger partial charge >= 0.3 is 0 Å². The Balaban J connectivity index is 1.96. The van der Waals surface area contributed by atoms with Gasteiger partial charge in [0.25, 0.3) is 23.2 Å². The number of hydrogen-bond acceptors (Lipinski definition) is 7. The van der Waals surface area contributed by atoms with Crippen LogP contribution in [0.25, 0.3) is 6.08 Å². The van der Waals surface area contributed by atoms with Crippen molar-refractivity contribution < 1.29 is 24.2 Å². The van der Waals surface area contributed by atoms with E-state index < -0.39 is 21.7 Å². The van der Waals surface area contributed by atoms with E-state index in [1.165, 1.54) is 79.9 Å². The average molecular weight is 497 g/mol. The maximum atomic E-state index is 13.0. The first-order valence-corrected chi connectivity index (χ1v) is 10.2. The van der Waals surface area contributed by atoms with Crippen LogP contribution < -0.4 is 15.4 Å². The van der Waals surface area contributed by atoms with E-state index in [1.54, 1.807) is 0 Å². The Labute approximate surface area is 203 Å². The average Bonchev–Trinajstić information content (AvgIpc) is 2.84. The second-order valence-electron chi connectivity index (χ2n) is 6.97. The Hall–Kier alpha value is -4.77. The number of anilines is 1. The molecule has 0 saturated carbocycles. The zero-order valence-corrected chi connectivity index (χ0v) is 18.8. The fraction of sp³-hybridized carbons (Fsp3) is 0.0435. The van der Waals surface area contributed by atoms with Crippen LogP contribution in [-0.4, -0.2) is 28.8 Å². The summed E-state index contributed by atoms with van der Waals surface area (Å²) in [6, 6.07) is 14.9. The van der Waals surface area contributed by atoms with Crippen molar-refractivity contribution in [2.24, 2.45) is 0 Å². The van der Waals surface area contributed by atoms with Gasteiger partial charge in [-0.3, -0.25) is 29.8 Å². The third kappa shape index (κ3) is 6.39. The number of halogens is 1. The van der Waals surface area contributed by atoms with Gasteiger partial charge in [-0.15, -0.1) is 0 Å². The van der Waals surface area contributed by atoms with Crippen LogP contribution in [0, 0.1) is 20.2 Å². The molecule has 35 heavy (non-hydrogen) atoms. The number of hydrogen-bond donors (Lipinski definition) is 2. The van der Waals surface area contributed by atoms with Crippen LogP contribution in [0.4, 0.5) is 17.1 Å². The van der Waals surface area contributed by atoms with E-state index >= 15 is 0 Å². The smallest absolute Gasteiger partial charge is 0.272 e. The van der Waals surface area contributed by atoms with Gasteiger partial charge in [-0.1, -0.05) is 23.7 Å². The molecule has 12 heteroatoms. The summed E-state index contributed by atoms with van der Waals surface area (Å²) in [5, 5.41) is 27.2. The maximum Gasteiger partial charge on any atom is 0.272 e. The molecule has 3 aromatic rings. The Bertz CT molecular complexity index is 1340. The van der Waals surface area contributed by atoms with Crippen LogP contribution in [0.5, 0.6) is 5.75 Å². The van der Waals surface area contributed by atoms with Crippen molar-refractivity contribution in [2.75, 3.05) is 12.4 Å². The fourth-order valence-electron chi connectivity index (χ4n) is 2.97. The molecule has 0 heterocycles.